The fourth-order valence-corrected chi connectivity index (χ4v) is 2.92. The number of piperazine rings is 1. The Hall–Kier alpha value is -1.94. The fourth-order valence-electron chi connectivity index (χ4n) is 2.92. The first-order valence-electron chi connectivity index (χ1n) is 7.53. The van der Waals surface area contributed by atoms with Gasteiger partial charge in [0, 0.05) is 55.6 Å². The van der Waals surface area contributed by atoms with Crippen LogP contribution in [0.5, 0.6) is 0 Å². The first-order chi connectivity index (χ1) is 10.2. The molecule has 110 valence electrons. The maximum Gasteiger partial charge on any atom is 0.254 e. The number of aromatic nitrogens is 1. The quantitative estimate of drug-likeness (QED) is 0.849. The summed E-state index contributed by atoms with van der Waals surface area (Å²) < 4.78 is 0. The van der Waals surface area contributed by atoms with Crippen molar-refractivity contribution in [2.24, 2.45) is 0 Å². The van der Waals surface area contributed by atoms with Gasteiger partial charge >= 0.3 is 0 Å². The van der Waals surface area contributed by atoms with Gasteiger partial charge in [0.1, 0.15) is 0 Å². The van der Waals surface area contributed by atoms with Crippen molar-refractivity contribution in [1.29, 1.82) is 0 Å². The Kier molecular flexibility index (Phi) is 3.88. The molecule has 1 aliphatic rings. The van der Waals surface area contributed by atoms with Crippen molar-refractivity contribution in [2.75, 3.05) is 26.2 Å². The van der Waals surface area contributed by atoms with Gasteiger partial charge in [-0.05, 0) is 31.4 Å². The van der Waals surface area contributed by atoms with Crippen LogP contribution in [0.4, 0.5) is 0 Å². The van der Waals surface area contributed by atoms with E-state index in [-0.39, 0.29) is 5.91 Å². The molecule has 4 nitrogen and oxygen atoms in total. The average Bonchev–Trinajstić information content (AvgIpc) is 2.53. The SMILES string of the molecule is CC(C)N1CCN(C(=O)c2cccc3cnccc23)CC1. The van der Waals surface area contributed by atoms with Crippen LogP contribution in [0.2, 0.25) is 0 Å². The van der Waals surface area contributed by atoms with Crippen molar-refractivity contribution in [2.45, 2.75) is 19.9 Å². The highest BCUT2D eigenvalue weighted by molar-refractivity contribution is 6.06. The van der Waals surface area contributed by atoms with E-state index >= 15 is 0 Å². The predicted molar refractivity (Wildman–Crippen MR) is 84.4 cm³/mol. The second-order valence-corrected chi connectivity index (χ2v) is 5.82. The van der Waals surface area contributed by atoms with E-state index in [1.807, 2.05) is 35.4 Å². The highest BCUT2D eigenvalue weighted by Gasteiger charge is 2.24. The Bertz CT molecular complexity index is 640. The highest BCUT2D eigenvalue weighted by atomic mass is 16.2. The topological polar surface area (TPSA) is 36.4 Å². The summed E-state index contributed by atoms with van der Waals surface area (Å²) in [6, 6.07) is 8.31. The lowest BCUT2D eigenvalue weighted by molar-refractivity contribution is 0.0597. The number of fused-ring (bicyclic) bond motifs is 1. The third kappa shape index (κ3) is 2.76. The molecule has 0 unspecified atom stereocenters. The monoisotopic (exact) mass is 283 g/mol. The third-order valence-electron chi connectivity index (χ3n) is 4.24. The van der Waals surface area contributed by atoms with Crippen LogP contribution in [0.1, 0.15) is 24.2 Å². The second kappa shape index (κ2) is 5.82. The zero-order valence-electron chi connectivity index (χ0n) is 12.6. The van der Waals surface area contributed by atoms with Gasteiger partial charge in [-0.3, -0.25) is 14.7 Å². The van der Waals surface area contributed by atoms with E-state index in [0.29, 0.717) is 6.04 Å². The Morgan fingerprint density at radius 1 is 1.14 bits per heavy atom. The van der Waals surface area contributed by atoms with Gasteiger partial charge in [-0.25, -0.2) is 0 Å². The van der Waals surface area contributed by atoms with Crippen LogP contribution in [0, 0.1) is 0 Å². The van der Waals surface area contributed by atoms with Crippen LogP contribution >= 0.6 is 0 Å². The van der Waals surface area contributed by atoms with E-state index in [1.165, 1.54) is 0 Å². The molecule has 1 aromatic carbocycles. The Morgan fingerprint density at radius 2 is 1.90 bits per heavy atom. The molecule has 1 saturated heterocycles. The maximum absolute atomic E-state index is 12.8. The summed E-state index contributed by atoms with van der Waals surface area (Å²) in [6.07, 6.45) is 3.55. The minimum absolute atomic E-state index is 0.134. The summed E-state index contributed by atoms with van der Waals surface area (Å²) in [5.41, 5.74) is 0.785. The summed E-state index contributed by atoms with van der Waals surface area (Å²) in [5, 5.41) is 2.01. The van der Waals surface area contributed by atoms with Crippen molar-refractivity contribution in [3.8, 4) is 0 Å². The molecule has 0 radical (unpaired) electrons. The molecule has 2 aromatic rings. The smallest absolute Gasteiger partial charge is 0.254 e. The molecule has 0 atom stereocenters. The molecule has 0 bridgehead atoms. The van der Waals surface area contributed by atoms with Gasteiger partial charge in [0.05, 0.1) is 0 Å². The molecular weight excluding hydrogens is 262 g/mol. The molecule has 0 N–H and O–H groups in total. The van der Waals surface area contributed by atoms with Crippen LogP contribution in [0.25, 0.3) is 10.8 Å². The Morgan fingerprint density at radius 3 is 2.62 bits per heavy atom. The summed E-state index contributed by atoms with van der Waals surface area (Å²) in [7, 11) is 0. The van der Waals surface area contributed by atoms with Gasteiger partial charge < -0.3 is 4.90 Å². The van der Waals surface area contributed by atoms with Crippen LogP contribution < -0.4 is 0 Å². The number of benzene rings is 1. The molecule has 0 saturated carbocycles. The van der Waals surface area contributed by atoms with Gasteiger partial charge in [-0.2, -0.15) is 0 Å². The summed E-state index contributed by atoms with van der Waals surface area (Å²) in [6.45, 7) is 7.92. The molecule has 0 aliphatic carbocycles. The molecule has 1 fully saturated rings. The molecule has 2 heterocycles. The van der Waals surface area contributed by atoms with Crippen LogP contribution in [0.15, 0.2) is 36.7 Å². The lowest BCUT2D eigenvalue weighted by atomic mass is 10.1. The molecule has 1 amide bonds. The average molecular weight is 283 g/mol. The number of amides is 1. The number of rotatable bonds is 2. The summed E-state index contributed by atoms with van der Waals surface area (Å²) in [4.78, 5) is 21.3. The number of carbonyl (C=O) groups excluding carboxylic acids is 1. The van der Waals surface area contributed by atoms with Gasteiger partial charge in [0.15, 0.2) is 0 Å². The first kappa shape index (κ1) is 14.0. The van der Waals surface area contributed by atoms with Crippen LogP contribution in [-0.2, 0) is 0 Å². The standard InChI is InChI=1S/C17H21N3O/c1-13(2)19-8-10-20(11-9-19)17(21)16-5-3-4-14-12-18-7-6-15(14)16/h3-7,12-13H,8-11H2,1-2H3. The second-order valence-electron chi connectivity index (χ2n) is 5.82. The van der Waals surface area contributed by atoms with Crippen molar-refractivity contribution in [3.05, 3.63) is 42.2 Å². The third-order valence-corrected chi connectivity index (χ3v) is 4.24. The number of carbonyl (C=O) groups is 1. The minimum atomic E-state index is 0.134. The summed E-state index contributed by atoms with van der Waals surface area (Å²) >= 11 is 0. The maximum atomic E-state index is 12.8. The summed E-state index contributed by atoms with van der Waals surface area (Å²) in [5.74, 6) is 0.134. The lowest BCUT2D eigenvalue weighted by Gasteiger charge is -2.37. The lowest BCUT2D eigenvalue weighted by Crippen LogP contribution is -2.50. The van der Waals surface area contributed by atoms with Crippen molar-refractivity contribution in [1.82, 2.24) is 14.8 Å². The Labute approximate surface area is 125 Å². The van der Waals surface area contributed by atoms with Gasteiger partial charge in [-0.15, -0.1) is 0 Å². The molecule has 1 aromatic heterocycles. The van der Waals surface area contributed by atoms with Crippen molar-refractivity contribution in [3.63, 3.8) is 0 Å². The largest absolute Gasteiger partial charge is 0.336 e. The van der Waals surface area contributed by atoms with E-state index in [0.717, 1.165) is 42.5 Å². The van der Waals surface area contributed by atoms with E-state index in [2.05, 4.69) is 23.7 Å². The molecular formula is C17H21N3O. The zero-order valence-corrected chi connectivity index (χ0v) is 12.6. The fraction of sp³-hybridized carbons (Fsp3) is 0.412. The highest BCUT2D eigenvalue weighted by Crippen LogP contribution is 2.20. The molecule has 1 aliphatic heterocycles. The van der Waals surface area contributed by atoms with Gasteiger partial charge in [-0.1, -0.05) is 12.1 Å². The molecule has 0 spiro atoms. The van der Waals surface area contributed by atoms with Gasteiger partial charge in [0.25, 0.3) is 5.91 Å². The number of hydrogen-bond donors (Lipinski definition) is 0. The normalized spacial score (nSPS) is 16.6. The van der Waals surface area contributed by atoms with E-state index in [4.69, 9.17) is 0 Å². The van der Waals surface area contributed by atoms with E-state index < -0.39 is 0 Å². The van der Waals surface area contributed by atoms with E-state index in [9.17, 15) is 4.79 Å². The first-order valence-corrected chi connectivity index (χ1v) is 7.53. The predicted octanol–water partition coefficient (Wildman–Crippen LogP) is 2.40. The molecule has 21 heavy (non-hydrogen) atoms. The van der Waals surface area contributed by atoms with Crippen molar-refractivity contribution >= 4 is 16.7 Å². The zero-order chi connectivity index (χ0) is 14.8. The van der Waals surface area contributed by atoms with Gasteiger partial charge in [0.2, 0.25) is 0 Å². The molecule has 3 rings (SSSR count). The minimum Gasteiger partial charge on any atom is -0.336 e. The Balaban J connectivity index is 1.82. The number of pyridine rings is 1. The van der Waals surface area contributed by atoms with Crippen molar-refractivity contribution < 1.29 is 4.79 Å². The van der Waals surface area contributed by atoms with Crippen LogP contribution in [-0.4, -0.2) is 52.9 Å². The number of nitrogens with zero attached hydrogens (tertiary/aromatic N) is 3. The number of hydrogen-bond acceptors (Lipinski definition) is 3. The van der Waals surface area contributed by atoms with Crippen LogP contribution in [0.3, 0.4) is 0 Å². The molecule has 4 heteroatoms. The van der Waals surface area contributed by atoms with E-state index in [1.54, 1.807) is 6.20 Å².